The molecule has 1 atom stereocenters. The van der Waals surface area contributed by atoms with Crippen molar-refractivity contribution in [3.63, 3.8) is 0 Å². The maximum absolute atomic E-state index is 12.6. The van der Waals surface area contributed by atoms with E-state index in [2.05, 4.69) is 30.6 Å². The number of alkyl halides is 3. The van der Waals surface area contributed by atoms with Gasteiger partial charge in [-0.25, -0.2) is 9.97 Å². The van der Waals surface area contributed by atoms with E-state index in [0.717, 1.165) is 12.8 Å². The van der Waals surface area contributed by atoms with Gasteiger partial charge in [0.15, 0.2) is 4.60 Å². The van der Waals surface area contributed by atoms with E-state index in [4.69, 9.17) is 9.47 Å². The SMILES string of the molecule is CCc1nc(OC(CC)CC)c(Br)nc1C1=CC(OC(F)(F)F)CC=C1OC. The number of rotatable bonds is 8. The van der Waals surface area contributed by atoms with Crippen LogP contribution in [-0.4, -0.2) is 35.6 Å². The summed E-state index contributed by atoms with van der Waals surface area (Å²) < 4.78 is 53.8. The molecule has 5 nitrogen and oxygen atoms in total. The highest BCUT2D eigenvalue weighted by Crippen LogP contribution is 2.35. The summed E-state index contributed by atoms with van der Waals surface area (Å²) in [5.74, 6) is 0.809. The zero-order chi connectivity index (χ0) is 20.9. The van der Waals surface area contributed by atoms with Crippen LogP contribution in [0.1, 0.15) is 51.4 Å². The highest BCUT2D eigenvalue weighted by Gasteiger charge is 2.34. The molecular formula is C19H24BrF3N2O3. The van der Waals surface area contributed by atoms with Gasteiger partial charge in [0.1, 0.15) is 11.9 Å². The van der Waals surface area contributed by atoms with E-state index in [1.165, 1.54) is 13.2 Å². The number of aryl methyl sites for hydroxylation is 1. The van der Waals surface area contributed by atoms with Crippen LogP contribution in [0.3, 0.4) is 0 Å². The number of aromatic nitrogens is 2. The molecule has 9 heteroatoms. The minimum absolute atomic E-state index is 0.00838. The van der Waals surface area contributed by atoms with Crippen molar-refractivity contribution < 1.29 is 27.4 Å². The largest absolute Gasteiger partial charge is 0.523 e. The van der Waals surface area contributed by atoms with Gasteiger partial charge < -0.3 is 9.47 Å². The molecular weight excluding hydrogens is 441 g/mol. The third kappa shape index (κ3) is 5.70. The zero-order valence-corrected chi connectivity index (χ0v) is 17.9. The van der Waals surface area contributed by atoms with Gasteiger partial charge in [0, 0.05) is 5.57 Å². The van der Waals surface area contributed by atoms with Crippen molar-refractivity contribution >= 4 is 21.5 Å². The summed E-state index contributed by atoms with van der Waals surface area (Å²) in [6.07, 6.45) is -0.700. The standard InChI is InChI=1S/C19H24BrF3N2O3/c1-5-11(6-2)27-18-17(20)25-16(14(7-3)24-18)13-10-12(28-19(21,22)23)8-9-15(13)26-4/h9-12H,5-8H2,1-4H3. The Morgan fingerprint density at radius 1 is 1.21 bits per heavy atom. The fourth-order valence-electron chi connectivity index (χ4n) is 2.89. The van der Waals surface area contributed by atoms with E-state index >= 15 is 0 Å². The predicted octanol–water partition coefficient (Wildman–Crippen LogP) is 5.59. The quantitative estimate of drug-likeness (QED) is 0.501. The number of methoxy groups -OCH3 is 1. The second kappa shape index (κ2) is 9.73. The lowest BCUT2D eigenvalue weighted by Crippen LogP contribution is -2.24. The van der Waals surface area contributed by atoms with Crippen LogP contribution in [0, 0.1) is 0 Å². The van der Waals surface area contributed by atoms with Gasteiger partial charge >= 0.3 is 6.36 Å². The fourth-order valence-corrected chi connectivity index (χ4v) is 3.25. The maximum Gasteiger partial charge on any atom is 0.523 e. The average molecular weight is 465 g/mol. The number of ether oxygens (including phenoxy) is 3. The summed E-state index contributed by atoms with van der Waals surface area (Å²) in [6.45, 7) is 5.94. The van der Waals surface area contributed by atoms with Gasteiger partial charge in [0.05, 0.1) is 24.6 Å². The second-order valence-electron chi connectivity index (χ2n) is 6.22. The Labute approximate surface area is 171 Å². The van der Waals surface area contributed by atoms with Gasteiger partial charge in [0.25, 0.3) is 0 Å². The summed E-state index contributed by atoms with van der Waals surface area (Å²) >= 11 is 3.37. The molecule has 1 heterocycles. The highest BCUT2D eigenvalue weighted by atomic mass is 79.9. The molecule has 0 fully saturated rings. The molecule has 1 aromatic rings. The van der Waals surface area contributed by atoms with Crippen molar-refractivity contribution in [1.82, 2.24) is 9.97 Å². The molecule has 0 amide bonds. The minimum atomic E-state index is -4.72. The van der Waals surface area contributed by atoms with Gasteiger partial charge in [0.2, 0.25) is 5.88 Å². The van der Waals surface area contributed by atoms with Crippen LogP contribution in [0.2, 0.25) is 0 Å². The van der Waals surface area contributed by atoms with E-state index < -0.39 is 12.5 Å². The molecule has 1 unspecified atom stereocenters. The smallest absolute Gasteiger partial charge is 0.496 e. The summed E-state index contributed by atoms with van der Waals surface area (Å²) in [4.78, 5) is 9.07. The molecule has 0 aromatic carbocycles. The summed E-state index contributed by atoms with van der Waals surface area (Å²) in [7, 11) is 1.46. The first kappa shape index (κ1) is 22.7. The molecule has 1 aromatic heterocycles. The van der Waals surface area contributed by atoms with Crippen LogP contribution in [0.4, 0.5) is 13.2 Å². The van der Waals surface area contributed by atoms with Crippen molar-refractivity contribution in [3.8, 4) is 5.88 Å². The monoisotopic (exact) mass is 464 g/mol. The van der Waals surface area contributed by atoms with Gasteiger partial charge in [-0.3, -0.25) is 4.74 Å². The number of allylic oxidation sites excluding steroid dienone is 1. The Bertz CT molecular complexity index is 747. The molecule has 1 aliphatic carbocycles. The molecule has 156 valence electrons. The molecule has 0 spiro atoms. The first-order chi connectivity index (χ1) is 13.2. The first-order valence-electron chi connectivity index (χ1n) is 9.16. The number of hydrogen-bond donors (Lipinski definition) is 0. The topological polar surface area (TPSA) is 53.5 Å². The van der Waals surface area contributed by atoms with Gasteiger partial charge in [-0.05, 0) is 53.8 Å². The maximum atomic E-state index is 12.6. The fraction of sp³-hybridized carbons (Fsp3) is 0.579. The van der Waals surface area contributed by atoms with E-state index in [9.17, 15) is 13.2 Å². The van der Waals surface area contributed by atoms with Crippen LogP contribution in [0.15, 0.2) is 22.5 Å². The van der Waals surface area contributed by atoms with E-state index in [1.54, 1.807) is 6.08 Å². The van der Waals surface area contributed by atoms with Crippen molar-refractivity contribution in [2.45, 2.75) is 65.0 Å². The third-order valence-electron chi connectivity index (χ3n) is 4.33. The van der Waals surface area contributed by atoms with Gasteiger partial charge in [-0.1, -0.05) is 20.8 Å². The molecule has 0 saturated carbocycles. The Hall–Kier alpha value is -1.61. The molecule has 0 radical (unpaired) electrons. The van der Waals surface area contributed by atoms with Crippen LogP contribution in [0.25, 0.3) is 5.57 Å². The van der Waals surface area contributed by atoms with E-state index in [-0.39, 0.29) is 12.5 Å². The van der Waals surface area contributed by atoms with Crippen LogP contribution in [-0.2, 0) is 15.9 Å². The van der Waals surface area contributed by atoms with Crippen molar-refractivity contribution in [2.75, 3.05) is 7.11 Å². The lowest BCUT2D eigenvalue weighted by atomic mass is 9.98. The van der Waals surface area contributed by atoms with Crippen molar-refractivity contribution in [1.29, 1.82) is 0 Å². The van der Waals surface area contributed by atoms with Gasteiger partial charge in [-0.2, -0.15) is 0 Å². The first-order valence-corrected chi connectivity index (χ1v) is 9.95. The summed E-state index contributed by atoms with van der Waals surface area (Å²) in [5, 5.41) is 0. The Morgan fingerprint density at radius 2 is 1.89 bits per heavy atom. The number of nitrogens with zero attached hydrogens (tertiary/aromatic N) is 2. The number of hydrogen-bond acceptors (Lipinski definition) is 5. The second-order valence-corrected chi connectivity index (χ2v) is 6.97. The summed E-state index contributed by atoms with van der Waals surface area (Å²) in [6, 6.07) is 0. The van der Waals surface area contributed by atoms with Crippen LogP contribution >= 0.6 is 15.9 Å². The summed E-state index contributed by atoms with van der Waals surface area (Å²) in [5.41, 5.74) is 1.46. The Morgan fingerprint density at radius 3 is 2.43 bits per heavy atom. The Kier molecular flexibility index (Phi) is 7.88. The van der Waals surface area contributed by atoms with E-state index in [0.29, 0.717) is 39.6 Å². The normalized spacial score (nSPS) is 17.4. The molecule has 0 saturated heterocycles. The van der Waals surface area contributed by atoms with E-state index in [1.807, 2.05) is 20.8 Å². The third-order valence-corrected chi connectivity index (χ3v) is 4.85. The molecule has 28 heavy (non-hydrogen) atoms. The molecule has 2 rings (SSSR count). The van der Waals surface area contributed by atoms with Gasteiger partial charge in [-0.15, -0.1) is 13.2 Å². The zero-order valence-electron chi connectivity index (χ0n) is 16.3. The molecule has 0 N–H and O–H groups in total. The van der Waals surface area contributed by atoms with Crippen molar-refractivity contribution in [3.05, 3.63) is 33.9 Å². The lowest BCUT2D eigenvalue weighted by Gasteiger charge is -2.23. The molecule has 0 bridgehead atoms. The predicted molar refractivity (Wildman–Crippen MR) is 103 cm³/mol. The highest BCUT2D eigenvalue weighted by molar-refractivity contribution is 9.10. The van der Waals surface area contributed by atoms with Crippen molar-refractivity contribution in [2.24, 2.45) is 0 Å². The number of halogens is 4. The Balaban J connectivity index is 2.45. The minimum Gasteiger partial charge on any atom is -0.496 e. The lowest BCUT2D eigenvalue weighted by molar-refractivity contribution is -0.335. The molecule has 1 aliphatic rings. The molecule has 0 aliphatic heterocycles. The van der Waals surface area contributed by atoms with Crippen LogP contribution in [0.5, 0.6) is 5.88 Å². The average Bonchev–Trinajstić information content (AvgIpc) is 2.65. The van der Waals surface area contributed by atoms with Crippen LogP contribution < -0.4 is 4.74 Å².